The van der Waals surface area contributed by atoms with Crippen LogP contribution in [-0.2, 0) is 9.53 Å². The van der Waals surface area contributed by atoms with Gasteiger partial charge in [-0.2, -0.15) is 0 Å². The van der Waals surface area contributed by atoms with Crippen molar-refractivity contribution < 1.29 is 30.0 Å². The van der Waals surface area contributed by atoms with Crippen molar-refractivity contribution in [2.75, 3.05) is 0 Å². The molecule has 6 heteroatoms. The zero-order valence-electron chi connectivity index (χ0n) is 6.07. The van der Waals surface area contributed by atoms with E-state index in [2.05, 4.69) is 4.74 Å². The molecule has 12 heavy (non-hydrogen) atoms. The molecule has 0 aliphatic carbocycles. The van der Waals surface area contributed by atoms with Crippen LogP contribution in [0.25, 0.3) is 0 Å². The second kappa shape index (κ2) is 3.46. The molecule has 1 aliphatic heterocycles. The van der Waals surface area contributed by atoms with Gasteiger partial charge < -0.3 is 30.0 Å². The number of aliphatic hydroxyl groups excluding tert-OH is 4. The Morgan fingerprint density at radius 3 is 2.08 bits per heavy atom. The summed E-state index contributed by atoms with van der Waals surface area (Å²) in [4.78, 5) is 10.2. The van der Waals surface area contributed by atoms with E-state index < -0.39 is 30.7 Å². The molecule has 0 saturated carbocycles. The van der Waals surface area contributed by atoms with Crippen LogP contribution in [0.1, 0.15) is 0 Å². The van der Waals surface area contributed by atoms with Crippen molar-refractivity contribution in [1.82, 2.24) is 0 Å². The first-order chi connectivity index (χ1) is 5.57. The first-order valence-electron chi connectivity index (χ1n) is 3.41. The Kier molecular flexibility index (Phi) is 2.76. The van der Waals surface area contributed by atoms with Gasteiger partial charge in [0.25, 0.3) is 0 Å². The minimum Gasteiger partial charge on any atom is -0.387 e. The topological polar surface area (TPSA) is 107 Å². The number of hydrogen-bond acceptors (Lipinski definition) is 6. The van der Waals surface area contributed by atoms with Crippen LogP contribution >= 0.6 is 0 Å². The summed E-state index contributed by atoms with van der Waals surface area (Å²) in [6, 6.07) is 0. The predicted molar refractivity (Wildman–Crippen MR) is 35.0 cm³/mol. The number of carbonyl (C=O) groups excluding carboxylic acids is 1. The fraction of sp³-hybridized carbons (Fsp3) is 0.833. The fourth-order valence-corrected chi connectivity index (χ4v) is 1.000. The average molecular weight is 178 g/mol. The molecule has 1 saturated heterocycles. The Morgan fingerprint density at radius 1 is 1.00 bits per heavy atom. The number of aldehydes is 1. The maximum Gasteiger partial charge on any atom is 0.184 e. The SMILES string of the molecule is O=C[C@H]1O[C@H](O)[C@H](O)[C@@H](O)[C@H]1O. The number of hydrogen-bond donors (Lipinski definition) is 4. The molecule has 1 rings (SSSR count). The minimum absolute atomic E-state index is 0.253. The van der Waals surface area contributed by atoms with Crippen molar-refractivity contribution in [1.29, 1.82) is 0 Å². The molecule has 4 N–H and O–H groups in total. The van der Waals surface area contributed by atoms with Crippen LogP contribution in [0.3, 0.4) is 0 Å². The van der Waals surface area contributed by atoms with Gasteiger partial charge >= 0.3 is 0 Å². The van der Waals surface area contributed by atoms with Crippen LogP contribution in [-0.4, -0.2) is 57.4 Å². The first kappa shape index (κ1) is 9.56. The van der Waals surface area contributed by atoms with Crippen LogP contribution in [0.5, 0.6) is 0 Å². The van der Waals surface area contributed by atoms with Gasteiger partial charge in [-0.05, 0) is 0 Å². The highest BCUT2D eigenvalue weighted by Crippen LogP contribution is 2.18. The summed E-state index contributed by atoms with van der Waals surface area (Å²) in [5.41, 5.74) is 0. The quantitative estimate of drug-likeness (QED) is 0.318. The summed E-state index contributed by atoms with van der Waals surface area (Å²) in [7, 11) is 0. The lowest BCUT2D eigenvalue weighted by molar-refractivity contribution is -0.272. The van der Waals surface area contributed by atoms with Gasteiger partial charge in [-0.25, -0.2) is 0 Å². The van der Waals surface area contributed by atoms with Crippen LogP contribution in [0.2, 0.25) is 0 Å². The summed E-state index contributed by atoms with van der Waals surface area (Å²) in [5.74, 6) is 0. The van der Waals surface area contributed by atoms with Crippen LogP contribution in [0, 0.1) is 0 Å². The summed E-state index contributed by atoms with van der Waals surface area (Å²) >= 11 is 0. The lowest BCUT2D eigenvalue weighted by atomic mass is 10.00. The van der Waals surface area contributed by atoms with E-state index in [0.717, 1.165) is 0 Å². The molecule has 0 bridgehead atoms. The van der Waals surface area contributed by atoms with Crippen molar-refractivity contribution in [2.45, 2.75) is 30.7 Å². The lowest BCUT2D eigenvalue weighted by Crippen LogP contribution is -2.57. The third-order valence-electron chi connectivity index (χ3n) is 1.76. The molecule has 0 spiro atoms. The fourth-order valence-electron chi connectivity index (χ4n) is 1.000. The highest BCUT2D eigenvalue weighted by atomic mass is 16.6. The van der Waals surface area contributed by atoms with Crippen LogP contribution in [0.4, 0.5) is 0 Å². The van der Waals surface area contributed by atoms with E-state index in [-0.39, 0.29) is 6.29 Å². The maximum atomic E-state index is 10.2. The van der Waals surface area contributed by atoms with E-state index in [1.165, 1.54) is 0 Å². The molecular formula is C6H10O6. The maximum absolute atomic E-state index is 10.2. The monoisotopic (exact) mass is 178 g/mol. The van der Waals surface area contributed by atoms with E-state index in [1.807, 2.05) is 0 Å². The van der Waals surface area contributed by atoms with E-state index in [1.54, 1.807) is 0 Å². The smallest absolute Gasteiger partial charge is 0.184 e. The van der Waals surface area contributed by atoms with Crippen LogP contribution < -0.4 is 0 Å². The molecule has 0 amide bonds. The van der Waals surface area contributed by atoms with Gasteiger partial charge in [0, 0.05) is 0 Å². The van der Waals surface area contributed by atoms with Gasteiger partial charge in [0.15, 0.2) is 12.6 Å². The van der Waals surface area contributed by atoms with Gasteiger partial charge in [0.2, 0.25) is 0 Å². The molecule has 0 aromatic rings. The van der Waals surface area contributed by atoms with Gasteiger partial charge in [0.05, 0.1) is 0 Å². The summed E-state index contributed by atoms with van der Waals surface area (Å²) < 4.78 is 4.46. The second-order valence-corrected chi connectivity index (χ2v) is 2.60. The van der Waals surface area contributed by atoms with E-state index in [9.17, 15) is 4.79 Å². The lowest BCUT2D eigenvalue weighted by Gasteiger charge is -2.35. The van der Waals surface area contributed by atoms with E-state index in [4.69, 9.17) is 20.4 Å². The second-order valence-electron chi connectivity index (χ2n) is 2.60. The summed E-state index contributed by atoms with van der Waals surface area (Å²) in [5, 5.41) is 35.9. The third kappa shape index (κ3) is 1.47. The first-order valence-corrected chi connectivity index (χ1v) is 3.41. The normalized spacial score (nSPS) is 48.8. The zero-order chi connectivity index (χ0) is 9.30. The third-order valence-corrected chi connectivity index (χ3v) is 1.76. The van der Waals surface area contributed by atoms with Crippen molar-refractivity contribution in [3.8, 4) is 0 Å². The predicted octanol–water partition coefficient (Wildman–Crippen LogP) is -3.01. The van der Waals surface area contributed by atoms with Gasteiger partial charge in [-0.15, -0.1) is 0 Å². The van der Waals surface area contributed by atoms with Gasteiger partial charge in [-0.1, -0.05) is 0 Å². The van der Waals surface area contributed by atoms with Crippen molar-refractivity contribution in [3.63, 3.8) is 0 Å². The Hall–Kier alpha value is -0.530. The van der Waals surface area contributed by atoms with Gasteiger partial charge in [-0.3, -0.25) is 0 Å². The molecular weight excluding hydrogens is 168 g/mol. The average Bonchev–Trinajstić information content (AvgIpc) is 2.08. The Bertz CT molecular complexity index is 171. The Balaban J connectivity index is 2.70. The largest absolute Gasteiger partial charge is 0.387 e. The number of ether oxygens (including phenoxy) is 1. The van der Waals surface area contributed by atoms with Crippen molar-refractivity contribution in [3.05, 3.63) is 0 Å². The van der Waals surface area contributed by atoms with Gasteiger partial charge in [0.1, 0.15) is 24.4 Å². The van der Waals surface area contributed by atoms with Crippen molar-refractivity contribution >= 4 is 6.29 Å². The number of carbonyl (C=O) groups is 1. The summed E-state index contributed by atoms with van der Waals surface area (Å²) in [6.07, 6.45) is -7.33. The summed E-state index contributed by atoms with van der Waals surface area (Å²) in [6.45, 7) is 0. The number of aliphatic hydroxyl groups is 4. The molecule has 1 aliphatic rings. The molecule has 0 aromatic heterocycles. The standard InChI is InChI=1S/C6H10O6/c7-1-2-3(8)4(9)5(10)6(11)12-2/h1-6,8-11H/t2-,3+,4+,5-,6+/m1/s1. The molecule has 0 unspecified atom stereocenters. The van der Waals surface area contributed by atoms with E-state index >= 15 is 0 Å². The van der Waals surface area contributed by atoms with Crippen LogP contribution in [0.15, 0.2) is 0 Å². The Labute approximate surface area is 68.0 Å². The molecule has 5 atom stereocenters. The molecule has 6 nitrogen and oxygen atoms in total. The molecule has 1 heterocycles. The van der Waals surface area contributed by atoms with Crippen molar-refractivity contribution in [2.24, 2.45) is 0 Å². The molecule has 0 radical (unpaired) electrons. The Morgan fingerprint density at radius 2 is 1.58 bits per heavy atom. The number of rotatable bonds is 1. The molecule has 70 valence electrons. The minimum atomic E-state index is -1.64. The molecule has 1 fully saturated rings. The zero-order valence-corrected chi connectivity index (χ0v) is 6.07. The highest BCUT2D eigenvalue weighted by Gasteiger charge is 2.42. The van der Waals surface area contributed by atoms with E-state index in [0.29, 0.717) is 0 Å². The molecule has 0 aromatic carbocycles. The highest BCUT2D eigenvalue weighted by molar-refractivity contribution is 5.57.